The van der Waals surface area contributed by atoms with Crippen molar-refractivity contribution in [1.29, 1.82) is 0 Å². The van der Waals surface area contributed by atoms with Crippen LogP contribution in [0.3, 0.4) is 0 Å². The summed E-state index contributed by atoms with van der Waals surface area (Å²) in [6, 6.07) is 10.2. The summed E-state index contributed by atoms with van der Waals surface area (Å²) in [5.74, 6) is 0. The maximum absolute atomic E-state index is 4.55. The Labute approximate surface area is 99.0 Å². The van der Waals surface area contributed by atoms with Crippen molar-refractivity contribution in [2.45, 2.75) is 13.8 Å². The van der Waals surface area contributed by atoms with Gasteiger partial charge in [-0.3, -0.25) is 0 Å². The van der Waals surface area contributed by atoms with E-state index in [-0.39, 0.29) is 0 Å². The van der Waals surface area contributed by atoms with Crippen molar-refractivity contribution >= 4 is 21.6 Å². The summed E-state index contributed by atoms with van der Waals surface area (Å²) < 4.78 is 1.24. The fraction of sp³-hybridized carbons (Fsp3) is 0.154. The molecule has 0 amide bonds. The van der Waals surface area contributed by atoms with Crippen molar-refractivity contribution in [3.05, 3.63) is 42.7 Å². The lowest BCUT2D eigenvalue weighted by Gasteiger charge is -1.84. The number of benzene rings is 1. The molecule has 3 rings (SSSR count). The third-order valence-electron chi connectivity index (χ3n) is 2.14. The van der Waals surface area contributed by atoms with Crippen molar-refractivity contribution in [3.8, 4) is 10.6 Å². The van der Waals surface area contributed by atoms with E-state index in [2.05, 4.69) is 16.0 Å². The first-order valence-corrected chi connectivity index (χ1v) is 6.24. The number of H-pyrrole nitrogens is 1. The number of hydrogen-bond donors (Lipinski definition) is 1. The molecule has 2 aromatic heterocycles. The van der Waals surface area contributed by atoms with Gasteiger partial charge in [-0.1, -0.05) is 26.0 Å². The maximum Gasteiger partial charge on any atom is 0.126 e. The van der Waals surface area contributed by atoms with Crippen molar-refractivity contribution in [1.82, 2.24) is 9.97 Å². The van der Waals surface area contributed by atoms with Crippen LogP contribution in [0.2, 0.25) is 0 Å². The molecule has 0 radical (unpaired) electrons. The summed E-state index contributed by atoms with van der Waals surface area (Å²) in [6.07, 6.45) is 3.89. The highest BCUT2D eigenvalue weighted by Gasteiger charge is 2.04. The first kappa shape index (κ1) is 10.9. The zero-order chi connectivity index (χ0) is 11.4. The summed E-state index contributed by atoms with van der Waals surface area (Å²) in [6.45, 7) is 4.00. The summed E-state index contributed by atoms with van der Waals surface area (Å²) >= 11 is 1.72. The highest BCUT2D eigenvalue weighted by molar-refractivity contribution is 7.21. The normalized spacial score (nSPS) is 9.88. The first-order chi connectivity index (χ1) is 7.93. The molecule has 0 aliphatic heterocycles. The molecule has 2 nitrogen and oxygen atoms in total. The monoisotopic (exact) mass is 230 g/mol. The zero-order valence-electron chi connectivity index (χ0n) is 9.40. The number of aromatic nitrogens is 2. The van der Waals surface area contributed by atoms with E-state index < -0.39 is 0 Å². The Morgan fingerprint density at radius 1 is 1.12 bits per heavy atom. The Morgan fingerprint density at radius 3 is 2.62 bits per heavy atom. The molecule has 3 heteroatoms. The number of rotatable bonds is 1. The lowest BCUT2D eigenvalue weighted by Crippen LogP contribution is -1.69. The Hall–Kier alpha value is -1.61. The Balaban J connectivity index is 0.000000457. The molecule has 0 fully saturated rings. The number of para-hydroxylation sites is 1. The van der Waals surface area contributed by atoms with Gasteiger partial charge in [0, 0.05) is 18.0 Å². The maximum atomic E-state index is 4.55. The van der Waals surface area contributed by atoms with E-state index >= 15 is 0 Å². The van der Waals surface area contributed by atoms with Gasteiger partial charge in [0.2, 0.25) is 0 Å². The van der Waals surface area contributed by atoms with Crippen molar-refractivity contribution in [3.63, 3.8) is 0 Å². The molecule has 1 N–H and O–H groups in total. The van der Waals surface area contributed by atoms with Gasteiger partial charge in [-0.2, -0.15) is 0 Å². The average Bonchev–Trinajstić information content (AvgIpc) is 3.00. The Kier molecular flexibility index (Phi) is 3.37. The molecule has 3 aromatic rings. The van der Waals surface area contributed by atoms with Gasteiger partial charge < -0.3 is 4.98 Å². The molecule has 0 saturated heterocycles. The zero-order valence-corrected chi connectivity index (χ0v) is 10.2. The minimum absolute atomic E-state index is 1.08. The van der Waals surface area contributed by atoms with Crippen LogP contribution in [-0.2, 0) is 0 Å². The average molecular weight is 230 g/mol. The molecule has 0 aliphatic rings. The number of hydrogen-bond acceptors (Lipinski definition) is 2. The SMILES string of the molecule is CC.c1ccc2sc(-c3cc[nH]c3)nc2c1. The van der Waals surface area contributed by atoms with Gasteiger partial charge in [0.1, 0.15) is 5.01 Å². The smallest absolute Gasteiger partial charge is 0.126 e. The van der Waals surface area contributed by atoms with Crippen LogP contribution >= 0.6 is 11.3 Å². The molecular formula is C13H14N2S. The molecule has 0 saturated carbocycles. The van der Waals surface area contributed by atoms with Gasteiger partial charge in [-0.05, 0) is 18.2 Å². The molecule has 16 heavy (non-hydrogen) atoms. The molecule has 0 unspecified atom stereocenters. The second kappa shape index (κ2) is 4.94. The van der Waals surface area contributed by atoms with Crippen LogP contribution in [0.4, 0.5) is 0 Å². The molecule has 0 aliphatic carbocycles. The first-order valence-electron chi connectivity index (χ1n) is 5.42. The minimum Gasteiger partial charge on any atom is -0.367 e. The van der Waals surface area contributed by atoms with Crippen LogP contribution in [0.5, 0.6) is 0 Å². The largest absolute Gasteiger partial charge is 0.367 e. The predicted octanol–water partition coefficient (Wildman–Crippen LogP) is 4.32. The van der Waals surface area contributed by atoms with E-state index in [1.165, 1.54) is 4.70 Å². The van der Waals surface area contributed by atoms with Crippen molar-refractivity contribution < 1.29 is 0 Å². The third kappa shape index (κ3) is 1.99. The molecule has 0 spiro atoms. The number of thiazole rings is 1. The quantitative estimate of drug-likeness (QED) is 0.662. The fourth-order valence-electron chi connectivity index (χ4n) is 1.45. The summed E-state index contributed by atoms with van der Waals surface area (Å²) in [5.41, 5.74) is 2.24. The Morgan fingerprint density at radius 2 is 1.94 bits per heavy atom. The third-order valence-corrected chi connectivity index (χ3v) is 3.22. The number of fused-ring (bicyclic) bond motifs is 1. The summed E-state index contributed by atoms with van der Waals surface area (Å²) in [4.78, 5) is 7.59. The van der Waals surface area contributed by atoms with Gasteiger partial charge in [-0.25, -0.2) is 4.98 Å². The van der Waals surface area contributed by atoms with Gasteiger partial charge >= 0.3 is 0 Å². The molecule has 0 atom stereocenters. The highest BCUT2D eigenvalue weighted by Crippen LogP contribution is 2.29. The topological polar surface area (TPSA) is 28.7 Å². The van der Waals surface area contributed by atoms with E-state index in [1.807, 2.05) is 50.5 Å². The summed E-state index contributed by atoms with van der Waals surface area (Å²) in [7, 11) is 0. The van der Waals surface area contributed by atoms with Gasteiger partial charge in [-0.15, -0.1) is 11.3 Å². The fourth-order valence-corrected chi connectivity index (χ4v) is 2.41. The predicted molar refractivity (Wildman–Crippen MR) is 70.8 cm³/mol. The molecule has 2 heterocycles. The number of aromatic amines is 1. The second-order valence-electron chi connectivity index (χ2n) is 3.09. The van der Waals surface area contributed by atoms with E-state index in [4.69, 9.17) is 0 Å². The summed E-state index contributed by atoms with van der Waals surface area (Å²) in [5, 5.41) is 1.08. The molecule has 82 valence electrons. The number of nitrogens with one attached hydrogen (secondary N) is 1. The van der Waals surface area contributed by atoms with Crippen LogP contribution in [-0.4, -0.2) is 9.97 Å². The standard InChI is InChI=1S/C11H8N2S.C2H6/c1-2-4-10-9(3-1)13-11(14-10)8-5-6-12-7-8;1-2/h1-7,12H;1-2H3. The molecule has 1 aromatic carbocycles. The van der Waals surface area contributed by atoms with E-state index in [9.17, 15) is 0 Å². The van der Waals surface area contributed by atoms with Crippen LogP contribution in [0.15, 0.2) is 42.7 Å². The molecule has 0 bridgehead atoms. The van der Waals surface area contributed by atoms with Crippen molar-refractivity contribution in [2.24, 2.45) is 0 Å². The van der Waals surface area contributed by atoms with Gasteiger partial charge in [0.05, 0.1) is 10.2 Å². The highest BCUT2D eigenvalue weighted by atomic mass is 32.1. The minimum atomic E-state index is 1.08. The lowest BCUT2D eigenvalue weighted by molar-refractivity contribution is 1.41. The molecular weight excluding hydrogens is 216 g/mol. The van der Waals surface area contributed by atoms with Crippen molar-refractivity contribution in [2.75, 3.05) is 0 Å². The van der Waals surface area contributed by atoms with Crippen LogP contribution < -0.4 is 0 Å². The van der Waals surface area contributed by atoms with Gasteiger partial charge in [0.15, 0.2) is 0 Å². The number of nitrogens with zero attached hydrogens (tertiary/aromatic N) is 1. The van der Waals surface area contributed by atoms with Crippen LogP contribution in [0, 0.1) is 0 Å². The van der Waals surface area contributed by atoms with Gasteiger partial charge in [0.25, 0.3) is 0 Å². The lowest BCUT2D eigenvalue weighted by atomic mass is 10.3. The van der Waals surface area contributed by atoms with E-state index in [0.717, 1.165) is 16.1 Å². The van der Waals surface area contributed by atoms with Crippen LogP contribution in [0.25, 0.3) is 20.8 Å². The van der Waals surface area contributed by atoms with Crippen LogP contribution in [0.1, 0.15) is 13.8 Å². The second-order valence-corrected chi connectivity index (χ2v) is 4.12. The Bertz CT molecular complexity index is 519. The van der Waals surface area contributed by atoms with E-state index in [1.54, 1.807) is 11.3 Å². The van der Waals surface area contributed by atoms with E-state index in [0.29, 0.717) is 0 Å².